The summed E-state index contributed by atoms with van der Waals surface area (Å²) in [6.45, 7) is 5.44. The van der Waals surface area contributed by atoms with Gasteiger partial charge in [-0.3, -0.25) is 0 Å². The molecule has 0 fully saturated rings. The molecular weight excluding hydrogens is 264 g/mol. The topological polar surface area (TPSA) is 15.3 Å². The number of hydrogen-bond donors (Lipinski definition) is 1. The van der Waals surface area contributed by atoms with E-state index in [4.69, 9.17) is 0 Å². The van der Waals surface area contributed by atoms with Gasteiger partial charge in [0.05, 0.1) is 0 Å². The number of halogens is 1. The van der Waals surface area contributed by atoms with E-state index in [0.717, 1.165) is 13.0 Å². The van der Waals surface area contributed by atoms with Crippen molar-refractivity contribution in [1.29, 1.82) is 0 Å². The Labute approximate surface area is 107 Å². The molecule has 0 bridgehead atoms. The summed E-state index contributed by atoms with van der Waals surface area (Å²) in [6.07, 6.45) is 1.16. The molecule has 0 radical (unpaired) electrons. The molecule has 1 aromatic carbocycles. The summed E-state index contributed by atoms with van der Waals surface area (Å²) in [5, 5.41) is 3.49. The fraction of sp³-hybridized carbons (Fsp3) is 0.538. The molecule has 1 N–H and O–H groups in total. The summed E-state index contributed by atoms with van der Waals surface area (Å²) in [4.78, 5) is 2.11. The van der Waals surface area contributed by atoms with Gasteiger partial charge < -0.3 is 10.2 Å². The highest BCUT2D eigenvalue weighted by Crippen LogP contribution is 2.27. The van der Waals surface area contributed by atoms with Gasteiger partial charge in [-0.05, 0) is 37.6 Å². The Balaban J connectivity index is 2.81. The molecule has 0 spiro atoms. The quantitative estimate of drug-likeness (QED) is 0.889. The Bertz CT molecular complexity index is 337. The number of benzene rings is 1. The summed E-state index contributed by atoms with van der Waals surface area (Å²) in [7, 11) is 4.11. The van der Waals surface area contributed by atoms with E-state index in [1.165, 1.54) is 15.7 Å². The van der Waals surface area contributed by atoms with Gasteiger partial charge in [-0.25, -0.2) is 0 Å². The molecule has 1 aromatic rings. The Morgan fingerprint density at radius 1 is 1.38 bits per heavy atom. The average molecular weight is 285 g/mol. The first-order valence-electron chi connectivity index (χ1n) is 5.76. The fourth-order valence-corrected chi connectivity index (χ4v) is 2.33. The van der Waals surface area contributed by atoms with Crippen LogP contribution in [0.5, 0.6) is 0 Å². The van der Waals surface area contributed by atoms with Gasteiger partial charge in [0.1, 0.15) is 0 Å². The fourth-order valence-electron chi connectivity index (χ4n) is 1.62. The monoisotopic (exact) mass is 284 g/mol. The highest BCUT2D eigenvalue weighted by molar-refractivity contribution is 9.10. The standard InChI is InChI=1S/C13H21BrN2/c1-5-8-15-10(2)12-7-6-11(16(3)4)9-13(12)14/h6-7,9-10,15H,5,8H2,1-4H3. The van der Waals surface area contributed by atoms with Gasteiger partial charge in [0.2, 0.25) is 0 Å². The SMILES string of the molecule is CCCNC(C)c1ccc(N(C)C)cc1Br. The molecule has 1 rings (SSSR count). The lowest BCUT2D eigenvalue weighted by Gasteiger charge is -2.18. The van der Waals surface area contributed by atoms with Gasteiger partial charge in [-0.2, -0.15) is 0 Å². The predicted molar refractivity (Wildman–Crippen MR) is 75.2 cm³/mol. The lowest BCUT2D eigenvalue weighted by molar-refractivity contribution is 0.569. The highest BCUT2D eigenvalue weighted by Gasteiger charge is 2.09. The van der Waals surface area contributed by atoms with Crippen LogP contribution in [0.1, 0.15) is 31.9 Å². The maximum Gasteiger partial charge on any atom is 0.0372 e. The number of nitrogens with zero attached hydrogens (tertiary/aromatic N) is 1. The first kappa shape index (κ1) is 13.5. The van der Waals surface area contributed by atoms with Crippen LogP contribution in [0.3, 0.4) is 0 Å². The summed E-state index contributed by atoms with van der Waals surface area (Å²) >= 11 is 3.64. The summed E-state index contributed by atoms with van der Waals surface area (Å²) in [6, 6.07) is 6.90. The number of nitrogens with one attached hydrogen (secondary N) is 1. The van der Waals surface area contributed by atoms with E-state index >= 15 is 0 Å². The Morgan fingerprint density at radius 3 is 2.56 bits per heavy atom. The summed E-state index contributed by atoms with van der Waals surface area (Å²) in [5.41, 5.74) is 2.54. The molecule has 1 unspecified atom stereocenters. The van der Waals surface area contributed by atoms with E-state index in [9.17, 15) is 0 Å². The van der Waals surface area contributed by atoms with Crippen molar-refractivity contribution in [2.45, 2.75) is 26.3 Å². The zero-order valence-electron chi connectivity index (χ0n) is 10.5. The van der Waals surface area contributed by atoms with Crippen LogP contribution in [0.2, 0.25) is 0 Å². The number of hydrogen-bond acceptors (Lipinski definition) is 2. The van der Waals surface area contributed by atoms with Gasteiger partial charge in [0, 0.05) is 30.3 Å². The molecule has 0 amide bonds. The first-order valence-corrected chi connectivity index (χ1v) is 6.55. The van der Waals surface area contributed by atoms with Crippen LogP contribution < -0.4 is 10.2 Å². The van der Waals surface area contributed by atoms with Crippen molar-refractivity contribution in [1.82, 2.24) is 5.32 Å². The third-order valence-electron chi connectivity index (χ3n) is 2.67. The largest absolute Gasteiger partial charge is 0.378 e. The minimum absolute atomic E-state index is 0.394. The normalized spacial score (nSPS) is 12.6. The van der Waals surface area contributed by atoms with Gasteiger partial charge >= 0.3 is 0 Å². The Hall–Kier alpha value is -0.540. The van der Waals surface area contributed by atoms with Crippen LogP contribution in [0, 0.1) is 0 Å². The van der Waals surface area contributed by atoms with Crippen molar-refractivity contribution in [3.8, 4) is 0 Å². The van der Waals surface area contributed by atoms with Crippen molar-refractivity contribution < 1.29 is 0 Å². The zero-order valence-corrected chi connectivity index (χ0v) is 12.1. The lowest BCUT2D eigenvalue weighted by atomic mass is 10.1. The minimum Gasteiger partial charge on any atom is -0.378 e. The molecule has 3 heteroatoms. The van der Waals surface area contributed by atoms with Crippen molar-refractivity contribution in [2.24, 2.45) is 0 Å². The molecule has 0 aliphatic rings. The van der Waals surface area contributed by atoms with E-state index in [2.05, 4.69) is 72.3 Å². The number of anilines is 1. The Morgan fingerprint density at radius 2 is 2.06 bits per heavy atom. The first-order chi connectivity index (χ1) is 7.56. The predicted octanol–water partition coefficient (Wildman–Crippen LogP) is 3.58. The van der Waals surface area contributed by atoms with Crippen LogP contribution in [0.15, 0.2) is 22.7 Å². The third kappa shape index (κ3) is 3.49. The molecule has 2 nitrogen and oxygen atoms in total. The van der Waals surface area contributed by atoms with E-state index in [0.29, 0.717) is 6.04 Å². The van der Waals surface area contributed by atoms with Crippen molar-refractivity contribution in [3.63, 3.8) is 0 Å². The Kier molecular flexibility index (Phi) is 5.29. The molecule has 0 aliphatic heterocycles. The second kappa shape index (κ2) is 6.26. The molecule has 0 heterocycles. The van der Waals surface area contributed by atoms with Gasteiger partial charge in [0.25, 0.3) is 0 Å². The minimum atomic E-state index is 0.394. The second-order valence-electron chi connectivity index (χ2n) is 4.28. The van der Waals surface area contributed by atoms with Crippen LogP contribution in [0.4, 0.5) is 5.69 Å². The smallest absolute Gasteiger partial charge is 0.0372 e. The lowest BCUT2D eigenvalue weighted by Crippen LogP contribution is -2.19. The molecule has 16 heavy (non-hydrogen) atoms. The molecule has 0 saturated carbocycles. The molecule has 0 saturated heterocycles. The molecule has 0 aliphatic carbocycles. The van der Waals surface area contributed by atoms with Gasteiger partial charge in [0.15, 0.2) is 0 Å². The van der Waals surface area contributed by atoms with Gasteiger partial charge in [-0.1, -0.05) is 28.9 Å². The van der Waals surface area contributed by atoms with Crippen LogP contribution in [-0.4, -0.2) is 20.6 Å². The van der Waals surface area contributed by atoms with Crippen molar-refractivity contribution in [3.05, 3.63) is 28.2 Å². The van der Waals surface area contributed by atoms with E-state index in [1.54, 1.807) is 0 Å². The molecular formula is C13H21BrN2. The van der Waals surface area contributed by atoms with Crippen LogP contribution in [0.25, 0.3) is 0 Å². The van der Waals surface area contributed by atoms with E-state index in [1.807, 2.05) is 0 Å². The summed E-state index contributed by atoms with van der Waals surface area (Å²) < 4.78 is 1.18. The maximum atomic E-state index is 3.64. The van der Waals surface area contributed by atoms with Crippen LogP contribution >= 0.6 is 15.9 Å². The summed E-state index contributed by atoms with van der Waals surface area (Å²) in [5.74, 6) is 0. The maximum absolute atomic E-state index is 3.64. The molecule has 0 aromatic heterocycles. The van der Waals surface area contributed by atoms with Crippen molar-refractivity contribution >= 4 is 21.6 Å². The number of rotatable bonds is 5. The third-order valence-corrected chi connectivity index (χ3v) is 3.35. The van der Waals surface area contributed by atoms with Crippen molar-refractivity contribution in [2.75, 3.05) is 25.5 Å². The highest BCUT2D eigenvalue weighted by atomic mass is 79.9. The second-order valence-corrected chi connectivity index (χ2v) is 5.13. The molecule has 90 valence electrons. The van der Waals surface area contributed by atoms with E-state index < -0.39 is 0 Å². The zero-order chi connectivity index (χ0) is 12.1. The van der Waals surface area contributed by atoms with E-state index in [-0.39, 0.29) is 0 Å². The molecule has 1 atom stereocenters. The van der Waals surface area contributed by atoms with Crippen LogP contribution in [-0.2, 0) is 0 Å². The van der Waals surface area contributed by atoms with Gasteiger partial charge in [-0.15, -0.1) is 0 Å². The average Bonchev–Trinajstić information content (AvgIpc) is 2.25.